The standard InChI is InChI=1S/C12H14O3/c1-12(11(13)14)7-10(12)8-3-5-9(15-2)6-4-8/h3-6,10H,7H2,1-2H3,(H,13,14). The summed E-state index contributed by atoms with van der Waals surface area (Å²) in [4.78, 5) is 11.0. The highest BCUT2D eigenvalue weighted by Crippen LogP contribution is 2.59. The summed E-state index contributed by atoms with van der Waals surface area (Å²) in [6, 6.07) is 7.63. The molecule has 2 rings (SSSR count). The largest absolute Gasteiger partial charge is 0.497 e. The fraction of sp³-hybridized carbons (Fsp3) is 0.417. The molecule has 1 aliphatic rings. The second-order valence-corrected chi connectivity index (χ2v) is 4.25. The number of hydrogen-bond acceptors (Lipinski definition) is 2. The zero-order chi connectivity index (χ0) is 11.1. The zero-order valence-electron chi connectivity index (χ0n) is 8.86. The number of ether oxygens (including phenoxy) is 1. The van der Waals surface area contributed by atoms with Gasteiger partial charge in [-0.15, -0.1) is 0 Å². The third-order valence-corrected chi connectivity index (χ3v) is 3.24. The van der Waals surface area contributed by atoms with Gasteiger partial charge >= 0.3 is 5.97 Å². The van der Waals surface area contributed by atoms with Crippen LogP contribution in [0.1, 0.15) is 24.8 Å². The average Bonchev–Trinajstić information content (AvgIpc) is 2.93. The Bertz CT molecular complexity index is 382. The minimum atomic E-state index is -0.705. The lowest BCUT2D eigenvalue weighted by Crippen LogP contribution is -2.12. The fourth-order valence-corrected chi connectivity index (χ4v) is 1.92. The topological polar surface area (TPSA) is 46.5 Å². The van der Waals surface area contributed by atoms with Gasteiger partial charge in [0.1, 0.15) is 5.75 Å². The van der Waals surface area contributed by atoms with Crippen LogP contribution in [0, 0.1) is 5.41 Å². The maximum absolute atomic E-state index is 11.0. The van der Waals surface area contributed by atoms with E-state index in [1.54, 1.807) is 14.0 Å². The molecule has 0 radical (unpaired) electrons. The summed E-state index contributed by atoms with van der Waals surface area (Å²) in [6.45, 7) is 1.80. The maximum Gasteiger partial charge on any atom is 0.309 e. The van der Waals surface area contributed by atoms with E-state index in [0.29, 0.717) is 0 Å². The van der Waals surface area contributed by atoms with Crippen LogP contribution in [0.15, 0.2) is 24.3 Å². The summed E-state index contributed by atoms with van der Waals surface area (Å²) >= 11 is 0. The van der Waals surface area contributed by atoms with E-state index in [2.05, 4.69) is 0 Å². The molecule has 3 nitrogen and oxygen atoms in total. The molecule has 1 aliphatic carbocycles. The summed E-state index contributed by atoms with van der Waals surface area (Å²) in [5.74, 6) is 0.251. The van der Waals surface area contributed by atoms with Crippen LogP contribution in [0.5, 0.6) is 5.75 Å². The van der Waals surface area contributed by atoms with Crippen molar-refractivity contribution < 1.29 is 14.6 Å². The van der Waals surface area contributed by atoms with E-state index in [1.807, 2.05) is 24.3 Å². The highest BCUT2D eigenvalue weighted by Gasteiger charge is 2.56. The quantitative estimate of drug-likeness (QED) is 0.825. The van der Waals surface area contributed by atoms with Gasteiger partial charge < -0.3 is 9.84 Å². The van der Waals surface area contributed by atoms with E-state index in [1.165, 1.54) is 0 Å². The molecule has 0 heterocycles. The Hall–Kier alpha value is -1.51. The van der Waals surface area contributed by atoms with Crippen molar-refractivity contribution in [2.75, 3.05) is 7.11 Å². The average molecular weight is 206 g/mol. The molecule has 0 saturated heterocycles. The van der Waals surface area contributed by atoms with E-state index in [9.17, 15) is 4.79 Å². The molecule has 0 amide bonds. The Morgan fingerprint density at radius 1 is 1.47 bits per heavy atom. The van der Waals surface area contributed by atoms with Crippen LogP contribution in [0.4, 0.5) is 0 Å². The summed E-state index contributed by atoms with van der Waals surface area (Å²) in [7, 11) is 1.62. The van der Waals surface area contributed by atoms with Crippen molar-refractivity contribution >= 4 is 5.97 Å². The lowest BCUT2D eigenvalue weighted by atomic mass is 10.0. The summed E-state index contributed by atoms with van der Waals surface area (Å²) in [5.41, 5.74) is 0.523. The van der Waals surface area contributed by atoms with Gasteiger partial charge in [0.05, 0.1) is 12.5 Å². The molecule has 80 valence electrons. The predicted octanol–water partition coefficient (Wildman–Crippen LogP) is 2.27. The zero-order valence-corrected chi connectivity index (χ0v) is 8.86. The second kappa shape index (κ2) is 3.26. The van der Waals surface area contributed by atoms with Gasteiger partial charge in [0.15, 0.2) is 0 Å². The van der Waals surface area contributed by atoms with Gasteiger partial charge in [-0.1, -0.05) is 12.1 Å². The van der Waals surface area contributed by atoms with Crippen LogP contribution in [0.3, 0.4) is 0 Å². The van der Waals surface area contributed by atoms with Crippen molar-refractivity contribution in [3.8, 4) is 5.75 Å². The van der Waals surface area contributed by atoms with Crippen molar-refractivity contribution in [3.05, 3.63) is 29.8 Å². The summed E-state index contributed by atoms with van der Waals surface area (Å²) < 4.78 is 5.05. The van der Waals surface area contributed by atoms with Crippen molar-refractivity contribution in [2.24, 2.45) is 5.41 Å². The first-order valence-electron chi connectivity index (χ1n) is 4.95. The second-order valence-electron chi connectivity index (χ2n) is 4.25. The first-order valence-corrected chi connectivity index (χ1v) is 4.95. The van der Waals surface area contributed by atoms with Gasteiger partial charge in [-0.2, -0.15) is 0 Å². The molecular formula is C12H14O3. The molecule has 1 fully saturated rings. The Balaban J connectivity index is 2.16. The number of carbonyl (C=O) groups is 1. The molecule has 3 heteroatoms. The van der Waals surface area contributed by atoms with Gasteiger partial charge in [-0.3, -0.25) is 4.79 Å². The van der Waals surface area contributed by atoms with Gasteiger partial charge in [-0.05, 0) is 31.0 Å². The minimum absolute atomic E-state index is 0.154. The smallest absolute Gasteiger partial charge is 0.309 e. The molecule has 0 spiro atoms. The van der Waals surface area contributed by atoms with Crippen molar-refractivity contribution in [1.29, 1.82) is 0 Å². The van der Waals surface area contributed by atoms with E-state index >= 15 is 0 Å². The van der Waals surface area contributed by atoms with Gasteiger partial charge in [0, 0.05) is 5.92 Å². The third-order valence-electron chi connectivity index (χ3n) is 3.24. The Morgan fingerprint density at radius 3 is 2.47 bits per heavy atom. The molecule has 2 unspecified atom stereocenters. The first kappa shape index (κ1) is 10.0. The van der Waals surface area contributed by atoms with E-state index in [-0.39, 0.29) is 5.92 Å². The lowest BCUT2D eigenvalue weighted by molar-refractivity contribution is -0.142. The molecule has 0 aromatic heterocycles. The number of hydrogen-bond donors (Lipinski definition) is 1. The molecule has 1 N–H and O–H groups in total. The fourth-order valence-electron chi connectivity index (χ4n) is 1.92. The van der Waals surface area contributed by atoms with Crippen molar-refractivity contribution in [1.82, 2.24) is 0 Å². The molecule has 1 aromatic rings. The van der Waals surface area contributed by atoms with Gasteiger partial charge in [-0.25, -0.2) is 0 Å². The summed E-state index contributed by atoms with van der Waals surface area (Å²) in [5, 5.41) is 9.02. The molecule has 0 bridgehead atoms. The predicted molar refractivity (Wildman–Crippen MR) is 56.1 cm³/mol. The number of carboxylic acid groups (broad SMARTS) is 1. The van der Waals surface area contributed by atoms with Crippen LogP contribution < -0.4 is 4.74 Å². The number of benzene rings is 1. The maximum atomic E-state index is 11.0. The van der Waals surface area contributed by atoms with Crippen LogP contribution in [-0.2, 0) is 4.79 Å². The Morgan fingerprint density at radius 2 is 2.07 bits per heavy atom. The molecule has 0 aliphatic heterocycles. The highest BCUT2D eigenvalue weighted by molar-refractivity contribution is 5.80. The monoisotopic (exact) mass is 206 g/mol. The van der Waals surface area contributed by atoms with Gasteiger partial charge in [0.25, 0.3) is 0 Å². The molecule has 15 heavy (non-hydrogen) atoms. The highest BCUT2D eigenvalue weighted by atomic mass is 16.5. The van der Waals surface area contributed by atoms with Crippen molar-refractivity contribution in [2.45, 2.75) is 19.3 Å². The molecule has 1 aromatic carbocycles. The van der Waals surface area contributed by atoms with Crippen LogP contribution in [-0.4, -0.2) is 18.2 Å². The number of methoxy groups -OCH3 is 1. The Kier molecular flexibility index (Phi) is 2.18. The molecular weight excluding hydrogens is 192 g/mol. The van der Waals surface area contributed by atoms with Gasteiger partial charge in [0.2, 0.25) is 0 Å². The number of carboxylic acids is 1. The SMILES string of the molecule is COc1ccc(C2CC2(C)C(=O)O)cc1. The van der Waals surface area contributed by atoms with Crippen molar-refractivity contribution in [3.63, 3.8) is 0 Å². The van der Waals surface area contributed by atoms with E-state index < -0.39 is 11.4 Å². The minimum Gasteiger partial charge on any atom is -0.497 e. The van der Waals surface area contributed by atoms with E-state index in [4.69, 9.17) is 9.84 Å². The first-order chi connectivity index (χ1) is 7.08. The normalized spacial score (nSPS) is 28.5. The number of aliphatic carboxylic acids is 1. The van der Waals surface area contributed by atoms with Crippen LogP contribution in [0.2, 0.25) is 0 Å². The summed E-state index contributed by atoms with van der Waals surface area (Å²) in [6.07, 6.45) is 0.731. The molecule has 1 saturated carbocycles. The number of rotatable bonds is 3. The van der Waals surface area contributed by atoms with Crippen LogP contribution >= 0.6 is 0 Å². The Labute approximate surface area is 88.7 Å². The van der Waals surface area contributed by atoms with Crippen LogP contribution in [0.25, 0.3) is 0 Å². The lowest BCUT2D eigenvalue weighted by Gasteiger charge is -2.06. The third kappa shape index (κ3) is 1.58. The van der Waals surface area contributed by atoms with E-state index in [0.717, 1.165) is 17.7 Å². The molecule has 2 atom stereocenters.